The Morgan fingerprint density at radius 1 is 1.07 bits per heavy atom. The molecule has 7 heteroatoms. The van der Waals surface area contributed by atoms with Crippen LogP contribution in [-0.2, 0) is 13.0 Å². The predicted octanol–water partition coefficient (Wildman–Crippen LogP) is 1.85. The first-order valence-electron chi connectivity index (χ1n) is 9.69. The largest absolute Gasteiger partial charge is 0.494 e. The highest BCUT2D eigenvalue weighted by molar-refractivity contribution is 5.50. The first-order valence-corrected chi connectivity index (χ1v) is 9.69. The average Bonchev–Trinajstić information content (AvgIpc) is 2.73. The Labute approximate surface area is 159 Å². The summed E-state index contributed by atoms with van der Waals surface area (Å²) < 4.78 is 18.6. The summed E-state index contributed by atoms with van der Waals surface area (Å²) in [5.41, 5.74) is 2.46. The second-order valence-corrected chi connectivity index (χ2v) is 7.03. The van der Waals surface area contributed by atoms with Crippen molar-refractivity contribution in [2.24, 2.45) is 0 Å². The van der Waals surface area contributed by atoms with E-state index in [-0.39, 0.29) is 5.82 Å². The molecule has 6 nitrogen and oxygen atoms in total. The topological polar surface area (TPSA) is 53.5 Å². The number of benzene rings is 1. The summed E-state index contributed by atoms with van der Waals surface area (Å²) in [5, 5.41) is 3.37. The number of ether oxygens (including phenoxy) is 1. The molecule has 0 amide bonds. The fourth-order valence-corrected chi connectivity index (χ4v) is 3.73. The number of anilines is 1. The van der Waals surface area contributed by atoms with Gasteiger partial charge in [-0.15, -0.1) is 0 Å². The van der Waals surface area contributed by atoms with Crippen molar-refractivity contribution in [3.05, 3.63) is 47.7 Å². The molecule has 0 spiro atoms. The van der Waals surface area contributed by atoms with E-state index in [9.17, 15) is 4.39 Å². The lowest BCUT2D eigenvalue weighted by molar-refractivity contribution is 0.224. The van der Waals surface area contributed by atoms with Gasteiger partial charge in [-0.05, 0) is 43.7 Å². The number of halogens is 1. The van der Waals surface area contributed by atoms with Gasteiger partial charge in [0, 0.05) is 44.8 Å². The minimum Gasteiger partial charge on any atom is -0.494 e. The van der Waals surface area contributed by atoms with Gasteiger partial charge in [0.05, 0.1) is 12.3 Å². The lowest BCUT2D eigenvalue weighted by Crippen LogP contribution is -2.47. The van der Waals surface area contributed by atoms with E-state index in [0.29, 0.717) is 6.61 Å². The third-order valence-electron chi connectivity index (χ3n) is 5.23. The zero-order chi connectivity index (χ0) is 18.5. The standard InChI is InChI=1S/C20H26FN5O/c21-16-2-4-17(5-3-16)27-13-1-8-25-9-11-26(12-10-25)20-18-6-7-22-14-19(18)23-15-24-20/h2-5,15,22H,1,6-14H2. The second-order valence-electron chi connectivity index (χ2n) is 7.03. The van der Waals surface area contributed by atoms with Crippen LogP contribution in [0.1, 0.15) is 17.7 Å². The number of aromatic nitrogens is 2. The molecule has 27 heavy (non-hydrogen) atoms. The number of nitrogens with one attached hydrogen (secondary N) is 1. The average molecular weight is 371 g/mol. The Bertz CT molecular complexity index is 747. The summed E-state index contributed by atoms with van der Waals surface area (Å²) in [6, 6.07) is 6.20. The molecule has 0 saturated carbocycles. The monoisotopic (exact) mass is 371 g/mol. The van der Waals surface area contributed by atoms with Crippen molar-refractivity contribution in [2.75, 3.05) is 50.8 Å². The minimum absolute atomic E-state index is 0.235. The van der Waals surface area contributed by atoms with Crippen molar-refractivity contribution in [3.8, 4) is 5.75 Å². The highest BCUT2D eigenvalue weighted by Gasteiger charge is 2.23. The number of piperazine rings is 1. The second kappa shape index (κ2) is 8.63. The van der Waals surface area contributed by atoms with Gasteiger partial charge < -0.3 is 15.0 Å². The molecule has 4 rings (SSSR count). The fourth-order valence-electron chi connectivity index (χ4n) is 3.73. The summed E-state index contributed by atoms with van der Waals surface area (Å²) in [7, 11) is 0. The Balaban J connectivity index is 1.22. The third kappa shape index (κ3) is 4.54. The Hall–Kier alpha value is -2.25. The Morgan fingerprint density at radius 2 is 1.89 bits per heavy atom. The van der Waals surface area contributed by atoms with Gasteiger partial charge in [0.25, 0.3) is 0 Å². The molecular formula is C20H26FN5O. The quantitative estimate of drug-likeness (QED) is 0.783. The molecule has 1 aromatic heterocycles. The van der Waals surface area contributed by atoms with Gasteiger partial charge in [-0.2, -0.15) is 0 Å². The molecular weight excluding hydrogens is 345 g/mol. The van der Waals surface area contributed by atoms with Gasteiger partial charge in [0.2, 0.25) is 0 Å². The molecule has 1 N–H and O–H groups in total. The number of hydrogen-bond acceptors (Lipinski definition) is 6. The Morgan fingerprint density at radius 3 is 2.70 bits per heavy atom. The van der Waals surface area contributed by atoms with Crippen LogP contribution in [0.4, 0.5) is 10.2 Å². The zero-order valence-corrected chi connectivity index (χ0v) is 15.5. The van der Waals surface area contributed by atoms with Crippen LogP contribution in [0.3, 0.4) is 0 Å². The highest BCUT2D eigenvalue weighted by atomic mass is 19.1. The lowest BCUT2D eigenvalue weighted by atomic mass is 10.1. The smallest absolute Gasteiger partial charge is 0.135 e. The van der Waals surface area contributed by atoms with E-state index < -0.39 is 0 Å². The molecule has 144 valence electrons. The first kappa shape index (κ1) is 18.1. The molecule has 0 unspecified atom stereocenters. The summed E-state index contributed by atoms with van der Waals surface area (Å²) in [4.78, 5) is 13.9. The maximum Gasteiger partial charge on any atom is 0.135 e. The van der Waals surface area contributed by atoms with Crippen LogP contribution < -0.4 is 15.0 Å². The van der Waals surface area contributed by atoms with Crippen LogP contribution in [-0.4, -0.2) is 60.7 Å². The summed E-state index contributed by atoms with van der Waals surface area (Å²) in [6.07, 6.45) is 3.67. The van der Waals surface area contributed by atoms with Crippen LogP contribution in [0.25, 0.3) is 0 Å². The van der Waals surface area contributed by atoms with Gasteiger partial charge in [0.15, 0.2) is 0 Å². The minimum atomic E-state index is -0.235. The van der Waals surface area contributed by atoms with Crippen molar-refractivity contribution in [1.82, 2.24) is 20.2 Å². The van der Waals surface area contributed by atoms with Gasteiger partial charge >= 0.3 is 0 Å². The van der Waals surface area contributed by atoms with Gasteiger partial charge in [-0.1, -0.05) is 0 Å². The molecule has 0 radical (unpaired) electrons. The number of nitrogens with zero attached hydrogens (tertiary/aromatic N) is 4. The maximum atomic E-state index is 12.9. The number of fused-ring (bicyclic) bond motifs is 1. The van der Waals surface area contributed by atoms with E-state index in [1.54, 1.807) is 18.5 Å². The summed E-state index contributed by atoms with van der Waals surface area (Å²) in [6.45, 7) is 7.58. The van der Waals surface area contributed by atoms with Crippen molar-refractivity contribution in [3.63, 3.8) is 0 Å². The van der Waals surface area contributed by atoms with E-state index in [1.807, 2.05) is 0 Å². The summed E-state index contributed by atoms with van der Waals surface area (Å²) >= 11 is 0. The molecule has 0 aliphatic carbocycles. The SMILES string of the molecule is Fc1ccc(OCCCN2CCN(c3ncnc4c3CCNC4)CC2)cc1. The maximum absolute atomic E-state index is 12.9. The highest BCUT2D eigenvalue weighted by Crippen LogP contribution is 2.23. The van der Waals surface area contributed by atoms with Crippen LogP contribution in [0.2, 0.25) is 0 Å². The van der Waals surface area contributed by atoms with Gasteiger partial charge in [0.1, 0.15) is 23.7 Å². The van der Waals surface area contributed by atoms with Gasteiger partial charge in [-0.3, -0.25) is 4.90 Å². The molecule has 2 aromatic rings. The number of rotatable bonds is 6. The molecule has 2 aliphatic heterocycles. The van der Waals surface area contributed by atoms with Gasteiger partial charge in [-0.25, -0.2) is 14.4 Å². The van der Waals surface area contributed by atoms with Crippen LogP contribution >= 0.6 is 0 Å². The van der Waals surface area contributed by atoms with Crippen molar-refractivity contribution in [1.29, 1.82) is 0 Å². The lowest BCUT2D eigenvalue weighted by Gasteiger charge is -2.36. The normalized spacial score (nSPS) is 17.6. The molecule has 2 aliphatic rings. The zero-order valence-electron chi connectivity index (χ0n) is 15.5. The van der Waals surface area contributed by atoms with Crippen LogP contribution in [0.15, 0.2) is 30.6 Å². The molecule has 1 saturated heterocycles. The Kier molecular flexibility index (Phi) is 5.79. The number of hydrogen-bond donors (Lipinski definition) is 1. The fraction of sp³-hybridized carbons (Fsp3) is 0.500. The molecule has 1 aromatic carbocycles. The van der Waals surface area contributed by atoms with Crippen molar-refractivity contribution in [2.45, 2.75) is 19.4 Å². The molecule has 0 bridgehead atoms. The molecule has 3 heterocycles. The predicted molar refractivity (Wildman–Crippen MR) is 103 cm³/mol. The van der Waals surface area contributed by atoms with Crippen LogP contribution in [0.5, 0.6) is 5.75 Å². The van der Waals surface area contributed by atoms with Crippen LogP contribution in [0, 0.1) is 5.82 Å². The molecule has 1 fully saturated rings. The summed E-state index contributed by atoms with van der Waals surface area (Å²) in [5.74, 6) is 1.62. The first-order chi connectivity index (χ1) is 13.3. The van der Waals surface area contributed by atoms with E-state index in [0.717, 1.165) is 75.9 Å². The third-order valence-corrected chi connectivity index (χ3v) is 5.23. The van der Waals surface area contributed by atoms with Crippen molar-refractivity contribution < 1.29 is 9.13 Å². The van der Waals surface area contributed by atoms with E-state index in [1.165, 1.54) is 17.7 Å². The van der Waals surface area contributed by atoms with Crippen molar-refractivity contribution >= 4 is 5.82 Å². The molecule has 0 atom stereocenters. The van der Waals surface area contributed by atoms with E-state index >= 15 is 0 Å². The van der Waals surface area contributed by atoms with E-state index in [2.05, 4.69) is 25.1 Å². The van der Waals surface area contributed by atoms with E-state index in [4.69, 9.17) is 4.74 Å².